The maximum Gasteiger partial charge on any atom is 0.249 e. The maximum absolute atomic E-state index is 6.37. The Hall–Kier alpha value is -1.36. The first-order chi connectivity index (χ1) is 10.1. The lowest BCUT2D eigenvalue weighted by Crippen LogP contribution is -1.92. The van der Waals surface area contributed by atoms with Crippen molar-refractivity contribution < 1.29 is 4.42 Å². The molecular weight excluding hydrogens is 375 g/mol. The van der Waals surface area contributed by atoms with Gasteiger partial charge in [0.25, 0.3) is 0 Å². The fourth-order valence-corrected chi connectivity index (χ4v) is 2.69. The van der Waals surface area contributed by atoms with Crippen LogP contribution in [0.4, 0.5) is 0 Å². The van der Waals surface area contributed by atoms with Crippen molar-refractivity contribution in [2.24, 2.45) is 0 Å². The van der Waals surface area contributed by atoms with E-state index in [1.807, 2.05) is 36.4 Å². The number of alkyl halides is 1. The smallest absolute Gasteiger partial charge is 0.249 e. The Kier molecular flexibility index (Phi) is 4.29. The summed E-state index contributed by atoms with van der Waals surface area (Å²) in [7, 11) is 0. The fourth-order valence-electron chi connectivity index (χ4n) is 1.87. The molecule has 0 N–H and O–H groups in total. The Bertz CT molecular complexity index is 761. The van der Waals surface area contributed by atoms with Gasteiger partial charge in [-0.25, -0.2) is 0 Å². The van der Waals surface area contributed by atoms with Crippen molar-refractivity contribution >= 4 is 39.1 Å². The SMILES string of the molecule is Clc1ccc(Br)c(-c2nnc(C(Cl)c3ccccc3)o2)c1. The third-order valence-electron chi connectivity index (χ3n) is 2.91. The van der Waals surface area contributed by atoms with E-state index < -0.39 is 5.38 Å². The van der Waals surface area contributed by atoms with E-state index in [9.17, 15) is 0 Å². The number of hydrogen-bond donors (Lipinski definition) is 0. The molecule has 106 valence electrons. The molecule has 0 aliphatic rings. The molecule has 0 saturated heterocycles. The predicted molar refractivity (Wildman–Crippen MR) is 86.6 cm³/mol. The van der Waals surface area contributed by atoms with Crippen LogP contribution in [0, 0.1) is 0 Å². The van der Waals surface area contributed by atoms with Crippen LogP contribution in [-0.4, -0.2) is 10.2 Å². The third-order valence-corrected chi connectivity index (χ3v) is 4.27. The van der Waals surface area contributed by atoms with E-state index in [1.165, 1.54) is 0 Å². The van der Waals surface area contributed by atoms with Crippen LogP contribution in [0.1, 0.15) is 16.8 Å². The molecule has 0 aliphatic heterocycles. The van der Waals surface area contributed by atoms with E-state index >= 15 is 0 Å². The van der Waals surface area contributed by atoms with Crippen LogP contribution in [0.15, 0.2) is 57.4 Å². The van der Waals surface area contributed by atoms with Crippen molar-refractivity contribution in [3.05, 3.63) is 69.5 Å². The van der Waals surface area contributed by atoms with Gasteiger partial charge in [-0.1, -0.05) is 41.9 Å². The van der Waals surface area contributed by atoms with E-state index in [-0.39, 0.29) is 0 Å². The van der Waals surface area contributed by atoms with Crippen LogP contribution in [0.3, 0.4) is 0 Å². The van der Waals surface area contributed by atoms with E-state index in [4.69, 9.17) is 27.6 Å². The van der Waals surface area contributed by atoms with Gasteiger partial charge < -0.3 is 4.42 Å². The highest BCUT2D eigenvalue weighted by molar-refractivity contribution is 9.10. The summed E-state index contributed by atoms with van der Waals surface area (Å²) in [5, 5.41) is 8.19. The topological polar surface area (TPSA) is 38.9 Å². The van der Waals surface area contributed by atoms with Gasteiger partial charge in [0.2, 0.25) is 11.8 Å². The second-order valence-corrected chi connectivity index (χ2v) is 6.07. The Morgan fingerprint density at radius 1 is 1.05 bits per heavy atom. The van der Waals surface area contributed by atoms with Gasteiger partial charge in [-0.2, -0.15) is 0 Å². The van der Waals surface area contributed by atoms with E-state index in [0.29, 0.717) is 16.8 Å². The van der Waals surface area contributed by atoms with Crippen molar-refractivity contribution in [2.75, 3.05) is 0 Å². The molecular formula is C15H9BrCl2N2O. The lowest BCUT2D eigenvalue weighted by molar-refractivity contribution is 0.513. The maximum atomic E-state index is 6.37. The number of hydrogen-bond acceptors (Lipinski definition) is 3. The van der Waals surface area contributed by atoms with Crippen molar-refractivity contribution in [2.45, 2.75) is 5.38 Å². The van der Waals surface area contributed by atoms with Crippen molar-refractivity contribution in [3.63, 3.8) is 0 Å². The van der Waals surface area contributed by atoms with Crippen LogP contribution < -0.4 is 0 Å². The molecule has 1 unspecified atom stereocenters. The normalized spacial score (nSPS) is 12.3. The predicted octanol–water partition coefficient (Wildman–Crippen LogP) is 5.48. The summed E-state index contributed by atoms with van der Waals surface area (Å²) >= 11 is 15.8. The monoisotopic (exact) mass is 382 g/mol. The number of nitrogens with zero attached hydrogens (tertiary/aromatic N) is 2. The quantitative estimate of drug-likeness (QED) is 0.562. The molecule has 1 aromatic heterocycles. The second kappa shape index (κ2) is 6.18. The lowest BCUT2D eigenvalue weighted by Gasteiger charge is -2.04. The van der Waals surface area contributed by atoms with Gasteiger partial charge in [0.1, 0.15) is 5.38 Å². The zero-order chi connectivity index (χ0) is 14.8. The highest BCUT2D eigenvalue weighted by Gasteiger charge is 2.19. The fraction of sp³-hybridized carbons (Fsp3) is 0.0667. The van der Waals surface area contributed by atoms with Gasteiger partial charge in [0.15, 0.2) is 0 Å². The van der Waals surface area contributed by atoms with Gasteiger partial charge in [-0.05, 0) is 39.7 Å². The number of benzene rings is 2. The summed E-state index contributed by atoms with van der Waals surface area (Å²) in [6.07, 6.45) is 0. The molecule has 6 heteroatoms. The zero-order valence-electron chi connectivity index (χ0n) is 10.6. The van der Waals surface area contributed by atoms with Gasteiger partial charge >= 0.3 is 0 Å². The third kappa shape index (κ3) is 3.12. The van der Waals surface area contributed by atoms with Crippen molar-refractivity contribution in [1.29, 1.82) is 0 Å². The molecule has 0 spiro atoms. The summed E-state index contributed by atoms with van der Waals surface area (Å²) in [4.78, 5) is 0. The minimum absolute atomic E-state index is 0.352. The summed E-state index contributed by atoms with van der Waals surface area (Å²) < 4.78 is 6.51. The molecule has 0 radical (unpaired) electrons. The molecule has 3 rings (SSSR count). The minimum Gasteiger partial charge on any atom is -0.419 e. The molecule has 0 fully saturated rings. The molecule has 3 aromatic rings. The molecule has 21 heavy (non-hydrogen) atoms. The number of halogens is 3. The average molecular weight is 384 g/mol. The van der Waals surface area contributed by atoms with E-state index in [0.717, 1.165) is 15.6 Å². The number of rotatable bonds is 3. The lowest BCUT2D eigenvalue weighted by atomic mass is 10.1. The largest absolute Gasteiger partial charge is 0.419 e. The van der Waals surface area contributed by atoms with Crippen molar-refractivity contribution in [1.82, 2.24) is 10.2 Å². The Labute approximate surface area is 140 Å². The van der Waals surface area contributed by atoms with Crippen LogP contribution in [-0.2, 0) is 0 Å². The molecule has 1 atom stereocenters. The average Bonchev–Trinajstić information content (AvgIpc) is 2.99. The van der Waals surface area contributed by atoms with E-state index in [2.05, 4.69) is 26.1 Å². The molecule has 1 heterocycles. The molecule has 0 aliphatic carbocycles. The molecule has 0 bridgehead atoms. The van der Waals surface area contributed by atoms with Crippen LogP contribution >= 0.6 is 39.1 Å². The first-order valence-electron chi connectivity index (χ1n) is 6.13. The first-order valence-corrected chi connectivity index (χ1v) is 7.74. The highest BCUT2D eigenvalue weighted by Crippen LogP contribution is 2.33. The number of aromatic nitrogens is 2. The van der Waals surface area contributed by atoms with Crippen LogP contribution in [0.2, 0.25) is 5.02 Å². The van der Waals surface area contributed by atoms with Crippen molar-refractivity contribution in [3.8, 4) is 11.5 Å². The Morgan fingerprint density at radius 3 is 2.57 bits per heavy atom. The van der Waals surface area contributed by atoms with Gasteiger partial charge in [-0.15, -0.1) is 21.8 Å². The molecule has 0 saturated carbocycles. The second-order valence-electron chi connectivity index (χ2n) is 4.34. The Morgan fingerprint density at radius 2 is 1.81 bits per heavy atom. The molecule has 0 amide bonds. The van der Waals surface area contributed by atoms with Crippen LogP contribution in [0.5, 0.6) is 0 Å². The summed E-state index contributed by atoms with van der Waals surface area (Å²) in [5.41, 5.74) is 1.64. The van der Waals surface area contributed by atoms with Gasteiger partial charge in [-0.3, -0.25) is 0 Å². The van der Waals surface area contributed by atoms with Crippen LogP contribution in [0.25, 0.3) is 11.5 Å². The molecule has 2 aromatic carbocycles. The summed E-state index contributed by atoms with van der Waals surface area (Å²) in [5.74, 6) is 0.727. The van der Waals surface area contributed by atoms with Gasteiger partial charge in [0.05, 0.1) is 5.56 Å². The summed E-state index contributed by atoms with van der Waals surface area (Å²) in [6, 6.07) is 14.9. The first kappa shape index (κ1) is 14.6. The Balaban J connectivity index is 1.95. The standard InChI is InChI=1S/C15H9BrCl2N2O/c16-12-7-6-10(17)8-11(12)14-19-20-15(21-14)13(18)9-4-2-1-3-5-9/h1-8,13H. The van der Waals surface area contributed by atoms with E-state index in [1.54, 1.807) is 12.1 Å². The summed E-state index contributed by atoms with van der Waals surface area (Å²) in [6.45, 7) is 0. The molecule has 3 nitrogen and oxygen atoms in total. The highest BCUT2D eigenvalue weighted by atomic mass is 79.9. The zero-order valence-corrected chi connectivity index (χ0v) is 13.7. The minimum atomic E-state index is -0.481. The van der Waals surface area contributed by atoms with Gasteiger partial charge in [0, 0.05) is 9.50 Å².